The van der Waals surface area contributed by atoms with Gasteiger partial charge >= 0.3 is 0 Å². The van der Waals surface area contributed by atoms with E-state index in [1.165, 1.54) is 0 Å². The van der Waals surface area contributed by atoms with Crippen LogP contribution >= 0.6 is 0 Å². The molecule has 60 valence electrons. The van der Waals surface area contributed by atoms with E-state index >= 15 is 0 Å². The van der Waals surface area contributed by atoms with E-state index in [0.717, 1.165) is 18.8 Å². The third-order valence-electron chi connectivity index (χ3n) is 1.33. The topological polar surface area (TPSA) is 50.9 Å². The lowest BCUT2D eigenvalue weighted by Crippen LogP contribution is -2.02. The highest BCUT2D eigenvalue weighted by Crippen LogP contribution is 2.04. The Morgan fingerprint density at radius 2 is 2.36 bits per heavy atom. The van der Waals surface area contributed by atoms with Gasteiger partial charge < -0.3 is 11.1 Å². The molecule has 3 heteroatoms. The molecule has 0 saturated carbocycles. The van der Waals surface area contributed by atoms with E-state index in [1.807, 2.05) is 12.1 Å². The Balaban J connectivity index is 2.56. The van der Waals surface area contributed by atoms with Crippen LogP contribution < -0.4 is 11.1 Å². The summed E-state index contributed by atoms with van der Waals surface area (Å²) in [6, 6.07) is 5.57. The maximum absolute atomic E-state index is 5.48. The highest BCUT2D eigenvalue weighted by Gasteiger charge is 1.90. The van der Waals surface area contributed by atoms with E-state index in [0.29, 0.717) is 5.82 Å². The number of nitrogens with zero attached hydrogens (tertiary/aromatic N) is 1. The van der Waals surface area contributed by atoms with E-state index in [2.05, 4.69) is 17.2 Å². The van der Waals surface area contributed by atoms with E-state index in [-0.39, 0.29) is 0 Å². The summed E-state index contributed by atoms with van der Waals surface area (Å²) in [7, 11) is 0. The average molecular weight is 151 g/mol. The molecule has 0 unspecified atom stereocenters. The lowest BCUT2D eigenvalue weighted by Gasteiger charge is -2.02. The lowest BCUT2D eigenvalue weighted by atomic mass is 10.4. The average Bonchev–Trinajstić information content (AvgIpc) is 2.01. The van der Waals surface area contributed by atoms with E-state index < -0.39 is 0 Å². The van der Waals surface area contributed by atoms with Gasteiger partial charge in [-0.2, -0.15) is 0 Å². The minimum Gasteiger partial charge on any atom is -0.384 e. The lowest BCUT2D eigenvalue weighted by molar-refractivity contribution is 0.970. The number of aromatic nitrogens is 1. The van der Waals surface area contributed by atoms with Gasteiger partial charge in [-0.25, -0.2) is 4.98 Å². The molecule has 0 aromatic carbocycles. The van der Waals surface area contributed by atoms with Crippen LogP contribution in [-0.4, -0.2) is 11.5 Å². The summed E-state index contributed by atoms with van der Waals surface area (Å²) >= 11 is 0. The van der Waals surface area contributed by atoms with Crippen LogP contribution in [0.2, 0.25) is 0 Å². The molecule has 3 nitrogen and oxygen atoms in total. The largest absolute Gasteiger partial charge is 0.384 e. The van der Waals surface area contributed by atoms with Crippen molar-refractivity contribution in [2.24, 2.45) is 0 Å². The first kappa shape index (κ1) is 7.85. The maximum atomic E-state index is 5.48. The minimum absolute atomic E-state index is 0.561. The first-order valence-electron chi connectivity index (χ1n) is 3.79. The molecule has 0 aliphatic carbocycles. The molecule has 0 aliphatic heterocycles. The van der Waals surface area contributed by atoms with Crippen molar-refractivity contribution in [3.63, 3.8) is 0 Å². The van der Waals surface area contributed by atoms with E-state index in [4.69, 9.17) is 5.73 Å². The molecule has 3 N–H and O–H groups in total. The molecule has 0 bridgehead atoms. The highest BCUT2D eigenvalue weighted by molar-refractivity contribution is 5.41. The second kappa shape index (κ2) is 3.81. The van der Waals surface area contributed by atoms with Crippen LogP contribution in [0, 0.1) is 0 Å². The summed E-state index contributed by atoms with van der Waals surface area (Å²) in [6.45, 7) is 3.05. The fraction of sp³-hybridized carbons (Fsp3) is 0.375. The fourth-order valence-electron chi connectivity index (χ4n) is 0.803. The first-order chi connectivity index (χ1) is 5.33. The molecule has 0 aliphatic rings. The number of rotatable bonds is 3. The Hall–Kier alpha value is -1.25. The van der Waals surface area contributed by atoms with Gasteiger partial charge in [-0.1, -0.05) is 13.0 Å². The summed E-state index contributed by atoms with van der Waals surface area (Å²) in [5.41, 5.74) is 5.48. The second-order valence-electron chi connectivity index (χ2n) is 2.37. The Bertz CT molecular complexity index is 222. The van der Waals surface area contributed by atoms with Crippen LogP contribution in [0.25, 0.3) is 0 Å². The Labute approximate surface area is 66.6 Å². The SMILES string of the molecule is CCCNc1cccc(N)n1. The summed E-state index contributed by atoms with van der Waals surface area (Å²) in [5, 5.41) is 3.14. The van der Waals surface area contributed by atoms with Gasteiger partial charge in [0.2, 0.25) is 0 Å². The molecule has 0 saturated heterocycles. The first-order valence-corrected chi connectivity index (χ1v) is 3.79. The van der Waals surface area contributed by atoms with E-state index in [1.54, 1.807) is 6.07 Å². The molecule has 0 fully saturated rings. The van der Waals surface area contributed by atoms with Crippen molar-refractivity contribution in [2.75, 3.05) is 17.6 Å². The standard InChI is InChI=1S/C8H13N3/c1-2-6-10-8-5-3-4-7(9)11-8/h3-5H,2,6H2,1H3,(H3,9,10,11). The number of hydrogen-bond acceptors (Lipinski definition) is 3. The molecule has 0 radical (unpaired) electrons. The maximum Gasteiger partial charge on any atom is 0.128 e. The number of hydrogen-bond donors (Lipinski definition) is 2. The molecular formula is C8H13N3. The third kappa shape index (κ3) is 2.45. The second-order valence-corrected chi connectivity index (χ2v) is 2.37. The van der Waals surface area contributed by atoms with Crippen molar-refractivity contribution in [2.45, 2.75) is 13.3 Å². The van der Waals surface area contributed by atoms with Crippen LogP contribution in [-0.2, 0) is 0 Å². The number of nitrogens with two attached hydrogens (primary N) is 1. The number of pyridine rings is 1. The Morgan fingerprint density at radius 1 is 1.55 bits per heavy atom. The van der Waals surface area contributed by atoms with Gasteiger partial charge in [-0.05, 0) is 18.6 Å². The van der Waals surface area contributed by atoms with Crippen molar-refractivity contribution in [1.29, 1.82) is 0 Å². The molecule has 1 aromatic heterocycles. The molecule has 0 atom stereocenters. The summed E-state index contributed by atoms with van der Waals surface area (Å²) < 4.78 is 0. The van der Waals surface area contributed by atoms with Gasteiger partial charge in [0.1, 0.15) is 11.6 Å². The zero-order valence-electron chi connectivity index (χ0n) is 6.67. The number of nitrogen functional groups attached to an aromatic ring is 1. The predicted molar refractivity (Wildman–Crippen MR) is 47.4 cm³/mol. The summed E-state index contributed by atoms with van der Waals surface area (Å²) in [6.07, 6.45) is 1.09. The molecule has 1 aromatic rings. The van der Waals surface area contributed by atoms with Crippen molar-refractivity contribution in [1.82, 2.24) is 4.98 Å². The van der Waals surface area contributed by atoms with Crippen LogP contribution in [0.1, 0.15) is 13.3 Å². The number of nitrogens with one attached hydrogen (secondary N) is 1. The number of anilines is 2. The van der Waals surface area contributed by atoms with Crippen molar-refractivity contribution in [3.8, 4) is 0 Å². The van der Waals surface area contributed by atoms with Gasteiger partial charge in [0.05, 0.1) is 0 Å². The van der Waals surface area contributed by atoms with Gasteiger partial charge in [0.15, 0.2) is 0 Å². The van der Waals surface area contributed by atoms with Gasteiger partial charge in [-0.15, -0.1) is 0 Å². The minimum atomic E-state index is 0.561. The van der Waals surface area contributed by atoms with Gasteiger partial charge in [0, 0.05) is 6.54 Å². The third-order valence-corrected chi connectivity index (χ3v) is 1.33. The van der Waals surface area contributed by atoms with Crippen molar-refractivity contribution in [3.05, 3.63) is 18.2 Å². The molecule has 0 amide bonds. The van der Waals surface area contributed by atoms with Crippen LogP contribution in [0.5, 0.6) is 0 Å². The smallest absolute Gasteiger partial charge is 0.128 e. The highest BCUT2D eigenvalue weighted by atomic mass is 15.0. The van der Waals surface area contributed by atoms with Crippen molar-refractivity contribution < 1.29 is 0 Å². The zero-order valence-corrected chi connectivity index (χ0v) is 6.67. The van der Waals surface area contributed by atoms with Gasteiger partial charge in [0.25, 0.3) is 0 Å². The monoisotopic (exact) mass is 151 g/mol. The molecule has 1 rings (SSSR count). The predicted octanol–water partition coefficient (Wildman–Crippen LogP) is 1.49. The van der Waals surface area contributed by atoms with Crippen LogP contribution in [0.15, 0.2) is 18.2 Å². The van der Waals surface area contributed by atoms with Crippen LogP contribution in [0.4, 0.5) is 11.6 Å². The molecule has 11 heavy (non-hydrogen) atoms. The molecular weight excluding hydrogens is 138 g/mol. The zero-order chi connectivity index (χ0) is 8.10. The normalized spacial score (nSPS) is 9.55. The summed E-state index contributed by atoms with van der Waals surface area (Å²) in [4.78, 5) is 4.08. The Morgan fingerprint density at radius 3 is 3.00 bits per heavy atom. The molecule has 1 heterocycles. The van der Waals surface area contributed by atoms with Gasteiger partial charge in [-0.3, -0.25) is 0 Å². The summed E-state index contributed by atoms with van der Waals surface area (Å²) in [5.74, 6) is 1.41. The Kier molecular flexibility index (Phi) is 2.72. The molecule has 0 spiro atoms. The van der Waals surface area contributed by atoms with E-state index in [9.17, 15) is 0 Å². The van der Waals surface area contributed by atoms with Crippen molar-refractivity contribution >= 4 is 11.6 Å². The quantitative estimate of drug-likeness (QED) is 0.688. The fourth-order valence-corrected chi connectivity index (χ4v) is 0.803. The van der Waals surface area contributed by atoms with Crippen LogP contribution in [0.3, 0.4) is 0 Å².